The number of benzene rings is 1. The fourth-order valence-electron chi connectivity index (χ4n) is 1.97. The quantitative estimate of drug-likeness (QED) is 0.845. The minimum absolute atomic E-state index is 0.231. The molecule has 2 N–H and O–H groups in total. The van der Waals surface area contributed by atoms with E-state index in [4.69, 9.17) is 5.73 Å². The van der Waals surface area contributed by atoms with Crippen molar-refractivity contribution in [1.29, 1.82) is 0 Å². The summed E-state index contributed by atoms with van der Waals surface area (Å²) < 4.78 is 0. The summed E-state index contributed by atoms with van der Waals surface area (Å²) in [5.41, 5.74) is 9.98. The number of hydrogen-bond donors (Lipinski definition) is 1. The summed E-state index contributed by atoms with van der Waals surface area (Å²) in [6.07, 6.45) is 0.996. The van der Waals surface area contributed by atoms with Gasteiger partial charge in [-0.15, -0.1) is 0 Å². The van der Waals surface area contributed by atoms with Crippen molar-refractivity contribution in [2.24, 2.45) is 5.73 Å². The zero-order valence-corrected chi connectivity index (χ0v) is 11.1. The van der Waals surface area contributed by atoms with Crippen molar-refractivity contribution >= 4 is 0 Å². The lowest BCUT2D eigenvalue weighted by Gasteiger charge is -2.27. The second-order valence-corrected chi connectivity index (χ2v) is 5.04. The Kier molecular flexibility index (Phi) is 4.51. The van der Waals surface area contributed by atoms with E-state index in [0.717, 1.165) is 6.42 Å². The van der Waals surface area contributed by atoms with Crippen LogP contribution in [0.4, 0.5) is 0 Å². The van der Waals surface area contributed by atoms with E-state index < -0.39 is 0 Å². The summed E-state index contributed by atoms with van der Waals surface area (Å²) in [6, 6.07) is 7.34. The van der Waals surface area contributed by atoms with E-state index in [9.17, 15) is 0 Å². The molecule has 2 heteroatoms. The molecule has 0 saturated heterocycles. The van der Waals surface area contributed by atoms with Crippen molar-refractivity contribution in [2.45, 2.75) is 39.3 Å². The molecule has 90 valence electrons. The first-order chi connectivity index (χ1) is 7.41. The van der Waals surface area contributed by atoms with E-state index in [1.165, 1.54) is 16.7 Å². The maximum absolute atomic E-state index is 5.91. The molecule has 2 nitrogen and oxygen atoms in total. The van der Waals surface area contributed by atoms with Gasteiger partial charge >= 0.3 is 0 Å². The molecule has 0 aliphatic rings. The zero-order chi connectivity index (χ0) is 12.3. The summed E-state index contributed by atoms with van der Waals surface area (Å²) in [6.45, 7) is 6.38. The first-order valence-corrected chi connectivity index (χ1v) is 5.91. The standard InChI is InChI=1S/C14H24N2/c1-10-6-7-13(8-11(10)2)14(16(4)5)9-12(3)15/h6-8,12,14H,9,15H2,1-5H3. The Morgan fingerprint density at radius 1 is 1.19 bits per heavy atom. The van der Waals surface area contributed by atoms with E-state index in [2.05, 4.69) is 58.0 Å². The predicted octanol–water partition coefficient (Wildman–Crippen LogP) is 2.64. The maximum Gasteiger partial charge on any atom is 0.0356 e. The number of nitrogens with two attached hydrogens (primary N) is 1. The SMILES string of the molecule is Cc1ccc(C(CC(C)N)N(C)C)cc1C. The third-order valence-electron chi connectivity index (χ3n) is 3.13. The number of nitrogens with zero attached hydrogens (tertiary/aromatic N) is 1. The van der Waals surface area contributed by atoms with E-state index in [1.54, 1.807) is 0 Å². The van der Waals surface area contributed by atoms with Gasteiger partial charge in [0.15, 0.2) is 0 Å². The molecule has 0 saturated carbocycles. The predicted molar refractivity (Wildman–Crippen MR) is 70.6 cm³/mol. The molecule has 0 amide bonds. The summed E-state index contributed by atoms with van der Waals surface area (Å²) in [5, 5.41) is 0. The molecule has 0 bridgehead atoms. The van der Waals surface area contributed by atoms with Gasteiger partial charge < -0.3 is 10.6 Å². The summed E-state index contributed by atoms with van der Waals surface area (Å²) in [4.78, 5) is 2.24. The van der Waals surface area contributed by atoms with Gasteiger partial charge in [-0.3, -0.25) is 0 Å². The van der Waals surface area contributed by atoms with Crippen LogP contribution in [0.1, 0.15) is 36.1 Å². The van der Waals surface area contributed by atoms with Crippen LogP contribution in [0, 0.1) is 13.8 Å². The van der Waals surface area contributed by atoms with Gasteiger partial charge in [0.2, 0.25) is 0 Å². The summed E-state index contributed by atoms with van der Waals surface area (Å²) >= 11 is 0. The Bertz CT molecular complexity index is 343. The fraction of sp³-hybridized carbons (Fsp3) is 0.571. The van der Waals surface area contributed by atoms with Crippen molar-refractivity contribution in [3.8, 4) is 0 Å². The molecule has 0 aliphatic carbocycles. The van der Waals surface area contributed by atoms with Crippen LogP contribution in [-0.2, 0) is 0 Å². The van der Waals surface area contributed by atoms with Crippen LogP contribution >= 0.6 is 0 Å². The van der Waals surface area contributed by atoms with Crippen molar-refractivity contribution in [3.63, 3.8) is 0 Å². The summed E-state index contributed by atoms with van der Waals surface area (Å²) in [7, 11) is 4.23. The van der Waals surface area contributed by atoms with Crippen LogP contribution in [0.3, 0.4) is 0 Å². The molecular formula is C14H24N2. The average Bonchev–Trinajstić information content (AvgIpc) is 2.18. The highest BCUT2D eigenvalue weighted by Crippen LogP contribution is 2.24. The molecule has 0 radical (unpaired) electrons. The zero-order valence-electron chi connectivity index (χ0n) is 11.1. The lowest BCUT2D eigenvalue weighted by molar-refractivity contribution is 0.272. The normalized spacial score (nSPS) is 15.2. The van der Waals surface area contributed by atoms with Gasteiger partial charge in [-0.1, -0.05) is 18.2 Å². The van der Waals surface area contributed by atoms with E-state index in [0.29, 0.717) is 6.04 Å². The van der Waals surface area contributed by atoms with E-state index >= 15 is 0 Å². The Hall–Kier alpha value is -0.860. The van der Waals surface area contributed by atoms with Crippen molar-refractivity contribution < 1.29 is 0 Å². The van der Waals surface area contributed by atoms with E-state index in [-0.39, 0.29) is 6.04 Å². The number of rotatable bonds is 4. The largest absolute Gasteiger partial charge is 0.328 e. The molecule has 1 aromatic rings. The van der Waals surface area contributed by atoms with Gasteiger partial charge in [0, 0.05) is 12.1 Å². The minimum atomic E-state index is 0.231. The Morgan fingerprint density at radius 2 is 1.81 bits per heavy atom. The van der Waals surface area contributed by atoms with Crippen LogP contribution < -0.4 is 5.73 Å². The number of hydrogen-bond acceptors (Lipinski definition) is 2. The second kappa shape index (κ2) is 5.46. The van der Waals surface area contributed by atoms with Gasteiger partial charge in [-0.2, -0.15) is 0 Å². The highest BCUT2D eigenvalue weighted by molar-refractivity contribution is 5.31. The Balaban J connectivity index is 2.97. The Morgan fingerprint density at radius 3 is 2.25 bits per heavy atom. The average molecular weight is 220 g/mol. The minimum Gasteiger partial charge on any atom is -0.328 e. The molecule has 1 aromatic carbocycles. The molecule has 0 aromatic heterocycles. The van der Waals surface area contributed by atoms with E-state index in [1.807, 2.05) is 0 Å². The molecule has 2 unspecified atom stereocenters. The second-order valence-electron chi connectivity index (χ2n) is 5.04. The molecule has 0 fully saturated rings. The molecule has 0 heterocycles. The molecular weight excluding hydrogens is 196 g/mol. The molecule has 0 aliphatic heterocycles. The molecule has 2 atom stereocenters. The van der Waals surface area contributed by atoms with Crippen LogP contribution in [0.25, 0.3) is 0 Å². The van der Waals surface area contributed by atoms with Gasteiger partial charge in [-0.05, 0) is 58.0 Å². The van der Waals surface area contributed by atoms with Crippen LogP contribution in [0.15, 0.2) is 18.2 Å². The highest BCUT2D eigenvalue weighted by Gasteiger charge is 2.16. The smallest absolute Gasteiger partial charge is 0.0356 e. The highest BCUT2D eigenvalue weighted by atomic mass is 15.1. The maximum atomic E-state index is 5.91. The van der Waals surface area contributed by atoms with Gasteiger partial charge in [0.1, 0.15) is 0 Å². The summed E-state index contributed by atoms with van der Waals surface area (Å²) in [5.74, 6) is 0. The molecule has 0 spiro atoms. The first-order valence-electron chi connectivity index (χ1n) is 5.91. The van der Waals surface area contributed by atoms with Gasteiger partial charge in [-0.25, -0.2) is 0 Å². The van der Waals surface area contributed by atoms with Crippen molar-refractivity contribution in [2.75, 3.05) is 14.1 Å². The van der Waals surface area contributed by atoms with Crippen molar-refractivity contribution in [1.82, 2.24) is 4.90 Å². The van der Waals surface area contributed by atoms with Crippen LogP contribution in [-0.4, -0.2) is 25.0 Å². The fourth-order valence-corrected chi connectivity index (χ4v) is 1.97. The van der Waals surface area contributed by atoms with Crippen LogP contribution in [0.2, 0.25) is 0 Å². The lowest BCUT2D eigenvalue weighted by atomic mass is 9.96. The Labute approximate surface area is 99.5 Å². The third kappa shape index (κ3) is 3.32. The van der Waals surface area contributed by atoms with Gasteiger partial charge in [0.05, 0.1) is 0 Å². The molecule has 16 heavy (non-hydrogen) atoms. The third-order valence-corrected chi connectivity index (χ3v) is 3.13. The molecule has 1 rings (SSSR count). The van der Waals surface area contributed by atoms with Crippen LogP contribution in [0.5, 0.6) is 0 Å². The first kappa shape index (κ1) is 13.2. The van der Waals surface area contributed by atoms with Crippen molar-refractivity contribution in [3.05, 3.63) is 34.9 Å². The van der Waals surface area contributed by atoms with Gasteiger partial charge in [0.25, 0.3) is 0 Å². The number of aryl methyl sites for hydroxylation is 2. The lowest BCUT2D eigenvalue weighted by Crippen LogP contribution is -2.27. The topological polar surface area (TPSA) is 29.3 Å². The monoisotopic (exact) mass is 220 g/mol.